The van der Waals surface area contributed by atoms with E-state index in [0.717, 1.165) is 23.8 Å². The number of ether oxygens (including phenoxy) is 2. The van der Waals surface area contributed by atoms with Crippen molar-refractivity contribution in [1.82, 2.24) is 0 Å². The number of benzene rings is 2. The van der Waals surface area contributed by atoms with Crippen molar-refractivity contribution in [2.24, 2.45) is 5.92 Å². The van der Waals surface area contributed by atoms with E-state index in [1.807, 2.05) is 24.8 Å². The van der Waals surface area contributed by atoms with Crippen LogP contribution in [-0.2, 0) is 17.6 Å². The topological polar surface area (TPSA) is 18.5 Å². The first-order chi connectivity index (χ1) is 14.6. The molecule has 2 nitrogen and oxygen atoms in total. The monoisotopic (exact) mass is 426 g/mol. The Balaban J connectivity index is 1.61. The minimum absolute atomic E-state index is 0.226. The fourth-order valence-corrected chi connectivity index (χ4v) is 5.31. The van der Waals surface area contributed by atoms with Gasteiger partial charge in [-0.05, 0) is 92.2 Å². The highest BCUT2D eigenvalue weighted by Gasteiger charge is 2.23. The SMILES string of the molecule is CCC(CC(C)C)c1ccc(OC(C)OCCSc2ccccc2)c2c1CCCC2. The Kier molecular flexibility index (Phi) is 9.14. The van der Waals surface area contributed by atoms with Crippen molar-refractivity contribution in [3.8, 4) is 5.75 Å². The molecule has 30 heavy (non-hydrogen) atoms. The van der Waals surface area contributed by atoms with Gasteiger partial charge in [0.25, 0.3) is 0 Å². The van der Waals surface area contributed by atoms with E-state index in [1.54, 1.807) is 11.1 Å². The molecule has 0 saturated heterocycles. The Morgan fingerprint density at radius 3 is 2.37 bits per heavy atom. The van der Waals surface area contributed by atoms with Gasteiger partial charge in [0.15, 0.2) is 6.29 Å². The van der Waals surface area contributed by atoms with Crippen LogP contribution in [0.4, 0.5) is 0 Å². The molecule has 0 amide bonds. The van der Waals surface area contributed by atoms with Crippen LogP contribution in [0, 0.1) is 5.92 Å². The van der Waals surface area contributed by atoms with Crippen LogP contribution in [0.1, 0.15) is 76.0 Å². The van der Waals surface area contributed by atoms with Crippen LogP contribution in [-0.4, -0.2) is 18.6 Å². The zero-order valence-corrected chi connectivity index (χ0v) is 20.0. The first kappa shape index (κ1) is 23.2. The van der Waals surface area contributed by atoms with Crippen LogP contribution in [0.2, 0.25) is 0 Å². The fraction of sp³-hybridized carbons (Fsp3) is 0.556. The van der Waals surface area contributed by atoms with Crippen molar-refractivity contribution in [3.05, 3.63) is 59.2 Å². The van der Waals surface area contributed by atoms with Gasteiger partial charge < -0.3 is 9.47 Å². The molecule has 0 spiro atoms. The molecular weight excluding hydrogens is 388 g/mol. The predicted molar refractivity (Wildman–Crippen MR) is 129 cm³/mol. The van der Waals surface area contributed by atoms with Crippen LogP contribution in [0.25, 0.3) is 0 Å². The van der Waals surface area contributed by atoms with Crippen molar-refractivity contribution in [2.45, 2.75) is 83.3 Å². The van der Waals surface area contributed by atoms with Gasteiger partial charge in [-0.15, -0.1) is 11.8 Å². The summed E-state index contributed by atoms with van der Waals surface area (Å²) in [6.45, 7) is 9.71. The Morgan fingerprint density at radius 1 is 0.933 bits per heavy atom. The molecule has 0 saturated carbocycles. The molecule has 0 heterocycles. The van der Waals surface area contributed by atoms with Crippen LogP contribution < -0.4 is 4.74 Å². The van der Waals surface area contributed by atoms with E-state index in [2.05, 4.69) is 57.2 Å². The summed E-state index contributed by atoms with van der Waals surface area (Å²) in [7, 11) is 0. The van der Waals surface area contributed by atoms with Gasteiger partial charge >= 0.3 is 0 Å². The second-order valence-electron chi connectivity index (χ2n) is 8.77. The molecule has 0 radical (unpaired) electrons. The van der Waals surface area contributed by atoms with Gasteiger partial charge in [-0.1, -0.05) is 45.0 Å². The maximum atomic E-state index is 6.28. The standard InChI is InChI=1S/C27H38O2S/c1-5-22(19-20(2)3)24-15-16-27(26-14-10-9-13-25(24)26)29-21(4)28-17-18-30-23-11-7-6-8-12-23/h6-8,11-12,15-16,20-22H,5,9-10,13-14,17-19H2,1-4H3. The lowest BCUT2D eigenvalue weighted by molar-refractivity contribution is -0.0607. The lowest BCUT2D eigenvalue weighted by Crippen LogP contribution is -2.20. The maximum absolute atomic E-state index is 6.28. The van der Waals surface area contributed by atoms with Crippen molar-refractivity contribution in [1.29, 1.82) is 0 Å². The summed E-state index contributed by atoms with van der Waals surface area (Å²) in [6.07, 6.45) is 7.13. The van der Waals surface area contributed by atoms with Gasteiger partial charge in [0.1, 0.15) is 5.75 Å². The van der Waals surface area contributed by atoms with Gasteiger partial charge in [-0.25, -0.2) is 0 Å². The molecule has 0 bridgehead atoms. The molecule has 1 aliphatic carbocycles. The Bertz CT molecular complexity index is 772. The third-order valence-electron chi connectivity index (χ3n) is 5.96. The first-order valence-corrected chi connectivity index (χ1v) is 12.7. The van der Waals surface area contributed by atoms with E-state index in [0.29, 0.717) is 12.5 Å². The zero-order chi connectivity index (χ0) is 21.3. The summed E-state index contributed by atoms with van der Waals surface area (Å²) >= 11 is 1.82. The van der Waals surface area contributed by atoms with Gasteiger partial charge in [0, 0.05) is 10.6 Å². The van der Waals surface area contributed by atoms with E-state index >= 15 is 0 Å². The van der Waals surface area contributed by atoms with Crippen LogP contribution in [0.15, 0.2) is 47.4 Å². The van der Waals surface area contributed by atoms with E-state index in [-0.39, 0.29) is 6.29 Å². The summed E-state index contributed by atoms with van der Waals surface area (Å²) in [4.78, 5) is 1.28. The van der Waals surface area contributed by atoms with Gasteiger partial charge in [0.2, 0.25) is 0 Å². The largest absolute Gasteiger partial charge is 0.465 e. The molecule has 0 N–H and O–H groups in total. The molecule has 2 aromatic carbocycles. The molecular formula is C27H38O2S. The van der Waals surface area contributed by atoms with Crippen LogP contribution in [0.5, 0.6) is 5.75 Å². The van der Waals surface area contributed by atoms with Gasteiger partial charge in [0.05, 0.1) is 6.61 Å². The van der Waals surface area contributed by atoms with Crippen LogP contribution in [0.3, 0.4) is 0 Å². The lowest BCUT2D eigenvalue weighted by atomic mass is 9.79. The summed E-state index contributed by atoms with van der Waals surface area (Å²) < 4.78 is 12.3. The second kappa shape index (κ2) is 11.8. The van der Waals surface area contributed by atoms with Gasteiger partial charge in [-0.3, -0.25) is 0 Å². The first-order valence-electron chi connectivity index (χ1n) is 11.7. The maximum Gasteiger partial charge on any atom is 0.197 e. The predicted octanol–water partition coefficient (Wildman–Crippen LogP) is 7.64. The van der Waals surface area contributed by atoms with E-state index in [1.165, 1.54) is 42.6 Å². The highest BCUT2D eigenvalue weighted by atomic mass is 32.2. The Labute approximate surface area is 187 Å². The van der Waals surface area contributed by atoms with Crippen molar-refractivity contribution in [2.75, 3.05) is 12.4 Å². The summed E-state index contributed by atoms with van der Waals surface area (Å²) in [5, 5.41) is 0. The van der Waals surface area contributed by atoms with Crippen molar-refractivity contribution in [3.63, 3.8) is 0 Å². The van der Waals surface area contributed by atoms with Crippen molar-refractivity contribution >= 4 is 11.8 Å². The third-order valence-corrected chi connectivity index (χ3v) is 6.93. The molecule has 3 heteroatoms. The van der Waals surface area contributed by atoms with E-state index in [9.17, 15) is 0 Å². The highest BCUT2D eigenvalue weighted by molar-refractivity contribution is 7.99. The van der Waals surface area contributed by atoms with E-state index < -0.39 is 0 Å². The number of hydrogen-bond acceptors (Lipinski definition) is 3. The molecule has 2 atom stereocenters. The number of thioether (sulfide) groups is 1. The number of fused-ring (bicyclic) bond motifs is 1. The second-order valence-corrected chi connectivity index (χ2v) is 9.94. The lowest BCUT2D eigenvalue weighted by Gasteiger charge is -2.28. The average Bonchev–Trinajstić information content (AvgIpc) is 2.76. The summed E-state index contributed by atoms with van der Waals surface area (Å²) in [5.41, 5.74) is 4.58. The van der Waals surface area contributed by atoms with Crippen LogP contribution >= 0.6 is 11.8 Å². The number of rotatable bonds is 11. The number of hydrogen-bond donors (Lipinski definition) is 0. The minimum atomic E-state index is -0.226. The summed E-state index contributed by atoms with van der Waals surface area (Å²) in [5.74, 6) is 3.36. The molecule has 1 aliphatic rings. The highest BCUT2D eigenvalue weighted by Crippen LogP contribution is 2.38. The Morgan fingerprint density at radius 2 is 1.67 bits per heavy atom. The van der Waals surface area contributed by atoms with Crippen molar-refractivity contribution < 1.29 is 9.47 Å². The minimum Gasteiger partial charge on any atom is -0.465 e. The fourth-order valence-electron chi connectivity index (χ4n) is 4.54. The molecule has 3 rings (SSSR count). The molecule has 0 fully saturated rings. The summed E-state index contributed by atoms with van der Waals surface area (Å²) in [6, 6.07) is 15.0. The van der Waals surface area contributed by atoms with E-state index in [4.69, 9.17) is 9.47 Å². The Hall–Kier alpha value is -1.45. The molecule has 0 aliphatic heterocycles. The third kappa shape index (κ3) is 6.52. The molecule has 164 valence electrons. The molecule has 2 aromatic rings. The average molecular weight is 427 g/mol. The molecule has 2 unspecified atom stereocenters. The van der Waals surface area contributed by atoms with Gasteiger partial charge in [-0.2, -0.15) is 0 Å². The smallest absolute Gasteiger partial charge is 0.197 e. The zero-order valence-electron chi connectivity index (χ0n) is 19.2. The quantitative estimate of drug-likeness (QED) is 0.209. The molecule has 0 aromatic heterocycles. The normalized spacial score (nSPS) is 15.6.